The summed E-state index contributed by atoms with van der Waals surface area (Å²) in [4.78, 5) is 4.47. The van der Waals surface area contributed by atoms with Gasteiger partial charge in [-0.25, -0.2) is 22.5 Å². The molecule has 0 unspecified atom stereocenters. The third-order valence-electron chi connectivity index (χ3n) is 5.75. The van der Waals surface area contributed by atoms with Gasteiger partial charge in [-0.15, -0.1) is 11.3 Å². The van der Waals surface area contributed by atoms with E-state index < -0.39 is 40.7 Å². The van der Waals surface area contributed by atoms with Gasteiger partial charge in [0, 0.05) is 24.1 Å². The Kier molecular flexibility index (Phi) is 7.11. The molecular weight excluding hydrogens is 520 g/mol. The maximum atomic E-state index is 14.7. The van der Waals surface area contributed by atoms with Gasteiger partial charge in [-0.1, -0.05) is 12.1 Å². The van der Waals surface area contributed by atoms with E-state index in [1.165, 1.54) is 17.4 Å². The number of nitrogens with zero attached hydrogens (tertiary/aromatic N) is 1. The summed E-state index contributed by atoms with van der Waals surface area (Å²) in [5, 5.41) is 0.420. The van der Waals surface area contributed by atoms with Gasteiger partial charge in [-0.05, 0) is 42.7 Å². The molecule has 4 nitrogen and oxygen atoms in total. The molecule has 194 valence electrons. The fourth-order valence-corrected chi connectivity index (χ4v) is 4.94. The average Bonchev–Trinajstić information content (AvgIpc) is 3.30. The van der Waals surface area contributed by atoms with Crippen LogP contribution in [0.3, 0.4) is 0 Å². The molecule has 2 heterocycles. The standard InChI is InChI=1S/C26H19F6NO3S/c27-18-11-15(4-5-17(18)26(31,32)36-16-12-19(28)24(30)20(29)13-16)25-33-21-6-2-14(10-22(21)37-25)3-7-23-34-8-1-9-35-23/h2,4-6,10-13,23H,1,3,7-9H2. The third kappa shape index (κ3) is 5.58. The van der Waals surface area contributed by atoms with Crippen LogP contribution in [0, 0.1) is 23.3 Å². The van der Waals surface area contributed by atoms with Gasteiger partial charge in [0.1, 0.15) is 16.6 Å². The molecule has 0 aliphatic carbocycles. The number of ether oxygens (including phenoxy) is 3. The number of alkyl halides is 2. The molecule has 1 aliphatic heterocycles. The Morgan fingerprint density at radius 3 is 2.35 bits per heavy atom. The van der Waals surface area contributed by atoms with Gasteiger partial charge in [-0.2, -0.15) is 8.78 Å². The lowest BCUT2D eigenvalue weighted by molar-refractivity contribution is -0.187. The highest BCUT2D eigenvalue weighted by molar-refractivity contribution is 7.21. The summed E-state index contributed by atoms with van der Waals surface area (Å²) in [6, 6.07) is 9.17. The van der Waals surface area contributed by atoms with Crippen LogP contribution in [0.2, 0.25) is 0 Å². The number of halogens is 6. The predicted molar refractivity (Wildman–Crippen MR) is 124 cm³/mol. The molecule has 0 saturated carbocycles. The number of thiazole rings is 1. The SMILES string of the molecule is Fc1cc(-c2nc3ccc(CCC4OCCCO4)cc3s2)ccc1C(F)(F)Oc1cc(F)c(F)c(F)c1. The van der Waals surface area contributed by atoms with Crippen molar-refractivity contribution in [3.05, 3.63) is 82.9 Å². The van der Waals surface area contributed by atoms with Crippen LogP contribution in [0.5, 0.6) is 5.75 Å². The predicted octanol–water partition coefficient (Wildman–Crippen LogP) is 7.34. The highest BCUT2D eigenvalue weighted by atomic mass is 32.1. The molecule has 1 saturated heterocycles. The van der Waals surface area contributed by atoms with Gasteiger partial charge in [0.05, 0.1) is 29.0 Å². The summed E-state index contributed by atoms with van der Waals surface area (Å²) in [6.45, 7) is 1.36. The first-order chi connectivity index (χ1) is 17.7. The normalized spacial score (nSPS) is 14.9. The van der Waals surface area contributed by atoms with E-state index in [2.05, 4.69) is 9.72 Å². The van der Waals surface area contributed by atoms with E-state index in [0.717, 1.165) is 35.2 Å². The quantitative estimate of drug-likeness (QED) is 0.182. The maximum Gasteiger partial charge on any atom is 0.429 e. The van der Waals surface area contributed by atoms with E-state index in [9.17, 15) is 26.3 Å². The van der Waals surface area contributed by atoms with Gasteiger partial charge in [-0.3, -0.25) is 0 Å². The Hall–Kier alpha value is -3.15. The zero-order valence-electron chi connectivity index (χ0n) is 19.1. The first kappa shape index (κ1) is 25.5. The number of fused-ring (bicyclic) bond motifs is 1. The van der Waals surface area contributed by atoms with Gasteiger partial charge in [0.2, 0.25) is 0 Å². The number of aromatic nitrogens is 1. The second-order valence-corrected chi connectivity index (χ2v) is 9.43. The van der Waals surface area contributed by atoms with Crippen LogP contribution in [0.1, 0.15) is 24.0 Å². The molecule has 1 aliphatic rings. The summed E-state index contributed by atoms with van der Waals surface area (Å²) in [5.41, 5.74) is 0.833. The van der Waals surface area contributed by atoms with Crippen LogP contribution in [-0.2, 0) is 22.0 Å². The van der Waals surface area contributed by atoms with E-state index in [1.54, 1.807) is 0 Å². The van der Waals surface area contributed by atoms with Crippen molar-refractivity contribution in [1.82, 2.24) is 4.98 Å². The minimum absolute atomic E-state index is 0.230. The number of hydrogen-bond acceptors (Lipinski definition) is 5. The van der Waals surface area contributed by atoms with Crippen LogP contribution < -0.4 is 4.74 Å². The van der Waals surface area contributed by atoms with Crippen LogP contribution in [-0.4, -0.2) is 24.5 Å². The van der Waals surface area contributed by atoms with Gasteiger partial charge in [0.25, 0.3) is 0 Å². The zero-order chi connectivity index (χ0) is 26.2. The Morgan fingerprint density at radius 2 is 1.65 bits per heavy atom. The smallest absolute Gasteiger partial charge is 0.429 e. The fourth-order valence-electron chi connectivity index (χ4n) is 3.91. The van der Waals surface area contributed by atoms with Crippen molar-refractivity contribution in [2.45, 2.75) is 31.7 Å². The minimum Gasteiger partial charge on any atom is -0.429 e. The summed E-state index contributed by atoms with van der Waals surface area (Å²) >= 11 is 1.28. The molecule has 0 N–H and O–H groups in total. The lowest BCUT2D eigenvalue weighted by Crippen LogP contribution is -2.25. The Balaban J connectivity index is 1.33. The second-order valence-electron chi connectivity index (χ2n) is 8.40. The number of hydrogen-bond donors (Lipinski definition) is 0. The van der Waals surface area contributed by atoms with Crippen LogP contribution >= 0.6 is 11.3 Å². The lowest BCUT2D eigenvalue weighted by atomic mass is 10.1. The molecule has 11 heteroatoms. The molecule has 37 heavy (non-hydrogen) atoms. The molecule has 0 spiro atoms. The summed E-state index contributed by atoms with van der Waals surface area (Å²) in [7, 11) is 0. The monoisotopic (exact) mass is 539 g/mol. The van der Waals surface area contributed by atoms with Crippen molar-refractivity contribution >= 4 is 21.6 Å². The average molecular weight is 539 g/mol. The van der Waals surface area contributed by atoms with E-state index in [0.29, 0.717) is 30.2 Å². The van der Waals surface area contributed by atoms with E-state index in [4.69, 9.17) is 9.47 Å². The maximum absolute atomic E-state index is 14.7. The zero-order valence-corrected chi connectivity index (χ0v) is 19.9. The molecule has 5 rings (SSSR count). The number of rotatable bonds is 7. The first-order valence-electron chi connectivity index (χ1n) is 11.3. The third-order valence-corrected chi connectivity index (χ3v) is 6.82. The molecular formula is C26H19F6NO3S. The molecule has 4 aromatic rings. The van der Waals surface area contributed by atoms with E-state index in [1.807, 2.05) is 18.2 Å². The molecule has 0 bridgehead atoms. The number of aryl methyl sites for hydroxylation is 1. The molecule has 0 amide bonds. The number of benzene rings is 3. The van der Waals surface area contributed by atoms with Gasteiger partial charge in [0.15, 0.2) is 23.7 Å². The second kappa shape index (κ2) is 10.3. The highest BCUT2D eigenvalue weighted by Crippen LogP contribution is 2.37. The topological polar surface area (TPSA) is 40.6 Å². The van der Waals surface area contributed by atoms with Crippen molar-refractivity contribution in [2.75, 3.05) is 13.2 Å². The van der Waals surface area contributed by atoms with Crippen molar-refractivity contribution < 1.29 is 40.6 Å². The van der Waals surface area contributed by atoms with Gasteiger partial charge >= 0.3 is 6.11 Å². The molecule has 1 fully saturated rings. The fraction of sp³-hybridized carbons (Fsp3) is 0.269. The Labute approximate surface area is 211 Å². The Morgan fingerprint density at radius 1 is 0.919 bits per heavy atom. The lowest BCUT2D eigenvalue weighted by Gasteiger charge is -2.23. The van der Waals surface area contributed by atoms with E-state index in [-0.39, 0.29) is 24.0 Å². The van der Waals surface area contributed by atoms with Crippen LogP contribution in [0.25, 0.3) is 20.8 Å². The summed E-state index contributed by atoms with van der Waals surface area (Å²) in [5.74, 6) is -7.56. The molecule has 3 aromatic carbocycles. The molecule has 0 radical (unpaired) electrons. The first-order valence-corrected chi connectivity index (χ1v) is 12.2. The summed E-state index contributed by atoms with van der Waals surface area (Å²) in [6.07, 6.45) is -2.20. The van der Waals surface area contributed by atoms with Crippen molar-refractivity contribution in [3.8, 4) is 16.3 Å². The Bertz CT molecular complexity index is 1410. The van der Waals surface area contributed by atoms with Crippen LogP contribution in [0.4, 0.5) is 26.3 Å². The van der Waals surface area contributed by atoms with Crippen molar-refractivity contribution in [2.24, 2.45) is 0 Å². The highest BCUT2D eigenvalue weighted by Gasteiger charge is 2.38. The van der Waals surface area contributed by atoms with Crippen LogP contribution in [0.15, 0.2) is 48.5 Å². The molecule has 1 aromatic heterocycles. The molecule has 0 atom stereocenters. The van der Waals surface area contributed by atoms with Crippen molar-refractivity contribution in [1.29, 1.82) is 0 Å². The van der Waals surface area contributed by atoms with E-state index >= 15 is 0 Å². The summed E-state index contributed by atoms with van der Waals surface area (Å²) < 4.78 is 100.0. The van der Waals surface area contributed by atoms with Gasteiger partial charge < -0.3 is 14.2 Å². The minimum atomic E-state index is -4.28. The van der Waals surface area contributed by atoms with Crippen molar-refractivity contribution in [3.63, 3.8) is 0 Å². The largest absolute Gasteiger partial charge is 0.429 e.